The lowest BCUT2D eigenvalue weighted by Gasteiger charge is -2.45. The van der Waals surface area contributed by atoms with Crippen molar-refractivity contribution in [2.75, 3.05) is 18.9 Å². The number of para-hydroxylation sites is 1. The van der Waals surface area contributed by atoms with E-state index in [9.17, 15) is 9.59 Å². The molecule has 1 aliphatic carbocycles. The molecule has 3 aliphatic rings. The van der Waals surface area contributed by atoms with Crippen molar-refractivity contribution < 1.29 is 9.59 Å². The molecule has 2 aromatic rings. The van der Waals surface area contributed by atoms with Crippen LogP contribution in [0.15, 0.2) is 48.5 Å². The van der Waals surface area contributed by atoms with Crippen molar-refractivity contribution in [2.45, 2.75) is 43.6 Å². The summed E-state index contributed by atoms with van der Waals surface area (Å²) in [5.74, 6) is 0.117. The van der Waals surface area contributed by atoms with Crippen LogP contribution in [0.25, 0.3) is 0 Å². The molecule has 1 saturated heterocycles. The maximum atomic E-state index is 13.9. The van der Waals surface area contributed by atoms with Crippen molar-refractivity contribution in [1.82, 2.24) is 4.90 Å². The van der Waals surface area contributed by atoms with Crippen LogP contribution in [0.5, 0.6) is 0 Å². The number of carbonyl (C=O) groups is 2. The van der Waals surface area contributed by atoms with Crippen LogP contribution in [-0.2, 0) is 15.1 Å². The van der Waals surface area contributed by atoms with Crippen LogP contribution >= 0.6 is 11.6 Å². The number of amides is 1. The first-order chi connectivity index (χ1) is 14.0. The van der Waals surface area contributed by atoms with Gasteiger partial charge in [0.05, 0.1) is 5.41 Å². The number of anilines is 1. The van der Waals surface area contributed by atoms with Gasteiger partial charge in [-0.05, 0) is 43.7 Å². The first-order valence-corrected chi connectivity index (χ1v) is 10.8. The Morgan fingerprint density at radius 2 is 1.79 bits per heavy atom. The molecular weight excluding hydrogens is 384 g/mol. The molecular formula is C24H25ClN2O2. The second-order valence-electron chi connectivity index (χ2n) is 8.65. The number of likely N-dealkylation sites (tertiary alicyclic amines) is 1. The molecule has 1 saturated carbocycles. The lowest BCUT2D eigenvalue weighted by Crippen LogP contribution is -2.58. The standard InChI is InChI=1S/C24H25ClN2O2/c1-27-15-19(16-10-12-17(25)13-11-16)23(14-6-2-3-9-21(23)28)24(27)18-7-4-5-8-20(18)26-22(24)29/h4-5,7-8,10-13,19H,2-3,6,9,14-15H2,1H3,(H,26,29)/t19-,23+,24+/m1/s1. The minimum Gasteiger partial charge on any atom is -0.324 e. The second kappa shape index (κ2) is 6.68. The monoisotopic (exact) mass is 408 g/mol. The molecule has 2 spiro atoms. The summed E-state index contributed by atoms with van der Waals surface area (Å²) in [6, 6.07) is 15.7. The summed E-state index contributed by atoms with van der Waals surface area (Å²) in [5, 5.41) is 3.78. The average molecular weight is 409 g/mol. The van der Waals surface area contributed by atoms with Crippen molar-refractivity contribution in [1.29, 1.82) is 0 Å². The number of Topliss-reactive ketones (excluding diaryl/α,β-unsaturated/α-hetero) is 1. The number of halogens is 1. The highest BCUT2D eigenvalue weighted by Gasteiger charge is 2.72. The number of hydrogen-bond acceptors (Lipinski definition) is 3. The number of benzene rings is 2. The Morgan fingerprint density at radius 3 is 2.59 bits per heavy atom. The van der Waals surface area contributed by atoms with Gasteiger partial charge in [0, 0.05) is 35.2 Å². The average Bonchev–Trinajstić information content (AvgIpc) is 3.07. The molecule has 5 heteroatoms. The predicted molar refractivity (Wildman–Crippen MR) is 114 cm³/mol. The molecule has 4 nitrogen and oxygen atoms in total. The van der Waals surface area contributed by atoms with Gasteiger partial charge in [0.2, 0.25) is 0 Å². The molecule has 2 aliphatic heterocycles. The smallest absolute Gasteiger partial charge is 0.250 e. The summed E-state index contributed by atoms with van der Waals surface area (Å²) in [6.07, 6.45) is 4.15. The SMILES string of the molecule is CN1C[C@H](c2ccc(Cl)cc2)[C@]2(CCCCCC2=O)[C@]12C(=O)Nc1ccccc12. The zero-order chi connectivity index (χ0) is 20.2. The van der Waals surface area contributed by atoms with Crippen molar-refractivity contribution in [3.8, 4) is 0 Å². The van der Waals surface area contributed by atoms with E-state index in [0.29, 0.717) is 18.0 Å². The van der Waals surface area contributed by atoms with Gasteiger partial charge in [-0.3, -0.25) is 14.5 Å². The fourth-order valence-corrected chi connectivity index (χ4v) is 6.41. The fourth-order valence-electron chi connectivity index (χ4n) is 6.29. The van der Waals surface area contributed by atoms with Crippen LogP contribution in [0.3, 0.4) is 0 Å². The van der Waals surface area contributed by atoms with E-state index in [0.717, 1.165) is 42.5 Å². The maximum absolute atomic E-state index is 13.9. The van der Waals surface area contributed by atoms with Crippen molar-refractivity contribution in [3.05, 3.63) is 64.7 Å². The zero-order valence-electron chi connectivity index (χ0n) is 16.6. The van der Waals surface area contributed by atoms with E-state index in [1.54, 1.807) is 0 Å². The highest BCUT2D eigenvalue weighted by molar-refractivity contribution is 6.30. The molecule has 0 radical (unpaired) electrons. The Morgan fingerprint density at radius 1 is 1.03 bits per heavy atom. The molecule has 5 rings (SSSR count). The van der Waals surface area contributed by atoms with E-state index in [-0.39, 0.29) is 17.6 Å². The Kier molecular flexibility index (Phi) is 4.34. The number of nitrogens with one attached hydrogen (secondary N) is 1. The molecule has 0 unspecified atom stereocenters. The summed E-state index contributed by atoms with van der Waals surface area (Å²) in [7, 11) is 2.00. The number of nitrogens with zero attached hydrogens (tertiary/aromatic N) is 1. The predicted octanol–water partition coefficient (Wildman–Crippen LogP) is 4.74. The summed E-state index contributed by atoms with van der Waals surface area (Å²) in [5.41, 5.74) is 1.13. The van der Waals surface area contributed by atoms with Crippen LogP contribution in [-0.4, -0.2) is 30.2 Å². The zero-order valence-corrected chi connectivity index (χ0v) is 17.3. The van der Waals surface area contributed by atoms with Crippen LogP contribution < -0.4 is 5.32 Å². The van der Waals surface area contributed by atoms with E-state index >= 15 is 0 Å². The summed E-state index contributed by atoms with van der Waals surface area (Å²) in [4.78, 5) is 29.8. The van der Waals surface area contributed by atoms with Gasteiger partial charge in [-0.1, -0.05) is 54.8 Å². The van der Waals surface area contributed by atoms with Crippen molar-refractivity contribution in [2.24, 2.45) is 5.41 Å². The maximum Gasteiger partial charge on any atom is 0.250 e. The first kappa shape index (κ1) is 18.8. The number of likely N-dealkylation sites (N-methyl/N-ethyl adjacent to an activating group) is 1. The number of hydrogen-bond donors (Lipinski definition) is 1. The molecule has 2 heterocycles. The Balaban J connectivity index is 1.80. The van der Waals surface area contributed by atoms with Gasteiger partial charge in [0.25, 0.3) is 5.91 Å². The second-order valence-corrected chi connectivity index (χ2v) is 9.09. The van der Waals surface area contributed by atoms with E-state index in [2.05, 4.69) is 10.2 Å². The van der Waals surface area contributed by atoms with Gasteiger partial charge in [0.1, 0.15) is 11.3 Å². The molecule has 0 bridgehead atoms. The van der Waals surface area contributed by atoms with E-state index in [4.69, 9.17) is 11.6 Å². The van der Waals surface area contributed by atoms with Gasteiger partial charge in [0.15, 0.2) is 0 Å². The lowest BCUT2D eigenvalue weighted by molar-refractivity contribution is -0.145. The molecule has 2 fully saturated rings. The molecule has 29 heavy (non-hydrogen) atoms. The third-order valence-electron chi connectivity index (χ3n) is 7.41. The summed E-state index contributed by atoms with van der Waals surface area (Å²) < 4.78 is 0. The molecule has 0 aromatic heterocycles. The van der Waals surface area contributed by atoms with Crippen LogP contribution in [0.2, 0.25) is 5.02 Å². The summed E-state index contributed by atoms with van der Waals surface area (Å²) in [6.45, 7) is 0.662. The molecule has 150 valence electrons. The molecule has 3 atom stereocenters. The fraction of sp³-hybridized carbons (Fsp3) is 0.417. The van der Waals surface area contributed by atoms with Crippen molar-refractivity contribution >= 4 is 29.0 Å². The lowest BCUT2D eigenvalue weighted by atomic mass is 9.57. The highest BCUT2D eigenvalue weighted by Crippen LogP contribution is 2.65. The molecule has 1 amide bonds. The Hall–Kier alpha value is -2.17. The molecule has 1 N–H and O–H groups in total. The van der Waals surface area contributed by atoms with E-state index < -0.39 is 11.0 Å². The highest BCUT2D eigenvalue weighted by atomic mass is 35.5. The third-order valence-corrected chi connectivity index (χ3v) is 7.66. The van der Waals surface area contributed by atoms with Gasteiger partial charge in [-0.15, -0.1) is 0 Å². The number of carbonyl (C=O) groups excluding carboxylic acids is 2. The van der Waals surface area contributed by atoms with E-state index in [1.807, 2.05) is 55.6 Å². The molecule has 2 aromatic carbocycles. The first-order valence-electron chi connectivity index (χ1n) is 10.4. The van der Waals surface area contributed by atoms with Crippen LogP contribution in [0.4, 0.5) is 5.69 Å². The van der Waals surface area contributed by atoms with Gasteiger partial charge >= 0.3 is 0 Å². The van der Waals surface area contributed by atoms with E-state index in [1.165, 1.54) is 0 Å². The van der Waals surface area contributed by atoms with Gasteiger partial charge in [-0.25, -0.2) is 0 Å². The normalized spacial score (nSPS) is 31.9. The largest absolute Gasteiger partial charge is 0.324 e. The van der Waals surface area contributed by atoms with Crippen LogP contribution in [0.1, 0.15) is 49.1 Å². The Labute approximate surface area is 176 Å². The third kappa shape index (κ3) is 2.36. The minimum atomic E-state index is -0.963. The number of fused-ring (bicyclic) bond motifs is 3. The topological polar surface area (TPSA) is 49.4 Å². The van der Waals surface area contributed by atoms with Gasteiger partial charge < -0.3 is 5.32 Å². The van der Waals surface area contributed by atoms with Crippen LogP contribution in [0, 0.1) is 5.41 Å². The minimum absolute atomic E-state index is 0.0488. The Bertz CT molecular complexity index is 989. The number of ketones is 1. The quantitative estimate of drug-likeness (QED) is 0.741. The van der Waals surface area contributed by atoms with Crippen molar-refractivity contribution in [3.63, 3.8) is 0 Å². The number of rotatable bonds is 1. The van der Waals surface area contributed by atoms with Gasteiger partial charge in [-0.2, -0.15) is 0 Å². The summed E-state index contributed by atoms with van der Waals surface area (Å²) >= 11 is 6.15.